The molecule has 6 atom stereocenters. The molecule has 0 radical (unpaired) electrons. The van der Waals surface area contributed by atoms with E-state index < -0.39 is 97.5 Å². The van der Waals surface area contributed by atoms with E-state index in [0.29, 0.717) is 25.7 Å². The van der Waals surface area contributed by atoms with E-state index in [4.69, 9.17) is 37.0 Å². The Morgan fingerprint density at radius 1 is 0.322 bits per heavy atom. The molecule has 0 rings (SSSR count). The Morgan fingerprint density at radius 3 is 0.844 bits per heavy atom. The van der Waals surface area contributed by atoms with Gasteiger partial charge in [0.2, 0.25) is 0 Å². The molecule has 0 amide bonds. The zero-order valence-corrected chi connectivity index (χ0v) is 60.4. The highest BCUT2D eigenvalue weighted by molar-refractivity contribution is 7.47. The van der Waals surface area contributed by atoms with Gasteiger partial charge < -0.3 is 33.8 Å². The van der Waals surface area contributed by atoms with Crippen molar-refractivity contribution in [3.63, 3.8) is 0 Å². The Bertz CT molecular complexity index is 1770. The monoisotopic (exact) mass is 1320 g/mol. The summed E-state index contributed by atoms with van der Waals surface area (Å²) in [6, 6.07) is 0. The second kappa shape index (κ2) is 61.9. The molecule has 0 bridgehead atoms. The third-order valence-corrected chi connectivity index (χ3v) is 18.6. The summed E-state index contributed by atoms with van der Waals surface area (Å²) in [5, 5.41) is 10.6. The molecule has 3 N–H and O–H groups in total. The van der Waals surface area contributed by atoms with E-state index in [2.05, 4.69) is 48.5 Å². The van der Waals surface area contributed by atoms with Crippen molar-refractivity contribution < 1.29 is 80.2 Å². The van der Waals surface area contributed by atoms with Gasteiger partial charge in [0.05, 0.1) is 26.4 Å². The molecule has 0 fully saturated rings. The van der Waals surface area contributed by atoms with Crippen molar-refractivity contribution in [2.75, 3.05) is 39.6 Å². The van der Waals surface area contributed by atoms with Crippen molar-refractivity contribution in [2.24, 2.45) is 17.8 Å². The number of aliphatic hydroxyl groups excluding tert-OH is 1. The van der Waals surface area contributed by atoms with Gasteiger partial charge in [0.1, 0.15) is 19.3 Å². The summed E-state index contributed by atoms with van der Waals surface area (Å²) in [7, 11) is -9.90. The van der Waals surface area contributed by atoms with Gasteiger partial charge in [-0.3, -0.25) is 37.3 Å². The normalized spacial score (nSPS) is 14.5. The lowest BCUT2D eigenvalue weighted by Crippen LogP contribution is -2.30. The Morgan fingerprint density at radius 2 is 0.567 bits per heavy atom. The molecule has 534 valence electrons. The van der Waals surface area contributed by atoms with Crippen LogP contribution in [0.4, 0.5) is 0 Å². The first-order valence-corrected chi connectivity index (χ1v) is 39.9. The maximum Gasteiger partial charge on any atom is 0.472 e. The Hall–Kier alpha value is -1.94. The molecule has 17 nitrogen and oxygen atoms in total. The SMILES string of the molecule is CCCCCCCCCC(=O)OC[C@H](COP(=O)(O)OC[C@H](O)COP(=O)(O)OC[C@@H](COC(=O)CCCCCCCCCCCCCCC(C)C)OC(=O)CCCCCCCCCCCCCCCCCC(C)C)OC(=O)CCCCCCCCC(C)CC. The van der Waals surface area contributed by atoms with Crippen molar-refractivity contribution in [2.45, 2.75) is 375 Å². The van der Waals surface area contributed by atoms with E-state index in [1.807, 2.05) is 0 Å². The number of hydrogen-bond acceptors (Lipinski definition) is 15. The molecule has 0 saturated carbocycles. The fourth-order valence-electron chi connectivity index (χ4n) is 10.7. The molecule has 0 spiro atoms. The van der Waals surface area contributed by atoms with Gasteiger partial charge in [-0.05, 0) is 43.4 Å². The highest BCUT2D eigenvalue weighted by atomic mass is 31.2. The Balaban J connectivity index is 5.20. The minimum Gasteiger partial charge on any atom is -0.462 e. The van der Waals surface area contributed by atoms with Gasteiger partial charge in [0.25, 0.3) is 0 Å². The highest BCUT2D eigenvalue weighted by Gasteiger charge is 2.30. The van der Waals surface area contributed by atoms with E-state index in [1.165, 1.54) is 154 Å². The van der Waals surface area contributed by atoms with Gasteiger partial charge in [0, 0.05) is 25.7 Å². The fraction of sp³-hybridized carbons (Fsp3) is 0.944. The Labute approximate surface area is 549 Å². The summed E-state index contributed by atoms with van der Waals surface area (Å²) >= 11 is 0. The van der Waals surface area contributed by atoms with Crippen LogP contribution in [0.2, 0.25) is 0 Å². The van der Waals surface area contributed by atoms with Gasteiger partial charge in [-0.15, -0.1) is 0 Å². The van der Waals surface area contributed by atoms with E-state index in [9.17, 15) is 43.2 Å². The van der Waals surface area contributed by atoms with E-state index in [0.717, 1.165) is 120 Å². The number of unbranched alkanes of at least 4 members (excludes halogenated alkanes) is 36. The molecule has 0 aliphatic rings. The third-order valence-electron chi connectivity index (χ3n) is 16.7. The molecule has 0 aliphatic carbocycles. The van der Waals surface area contributed by atoms with Crippen LogP contribution in [0.3, 0.4) is 0 Å². The molecular weight excluding hydrogens is 1190 g/mol. The molecule has 0 saturated heterocycles. The van der Waals surface area contributed by atoms with Crippen LogP contribution >= 0.6 is 15.6 Å². The van der Waals surface area contributed by atoms with Crippen molar-refractivity contribution in [1.29, 1.82) is 0 Å². The van der Waals surface area contributed by atoms with Crippen molar-refractivity contribution in [1.82, 2.24) is 0 Å². The minimum atomic E-state index is -4.95. The summed E-state index contributed by atoms with van der Waals surface area (Å²) in [4.78, 5) is 72.4. The van der Waals surface area contributed by atoms with Crippen LogP contribution in [-0.4, -0.2) is 96.7 Å². The lowest BCUT2D eigenvalue weighted by Gasteiger charge is -2.21. The predicted octanol–water partition coefficient (Wildman–Crippen LogP) is 20.2. The van der Waals surface area contributed by atoms with Crippen molar-refractivity contribution in [3.8, 4) is 0 Å². The number of esters is 4. The molecule has 0 aromatic carbocycles. The van der Waals surface area contributed by atoms with Crippen LogP contribution in [0.25, 0.3) is 0 Å². The number of hydrogen-bond donors (Lipinski definition) is 3. The number of carbonyl (C=O) groups is 4. The number of phosphoric acid groups is 2. The fourth-order valence-corrected chi connectivity index (χ4v) is 12.3. The van der Waals surface area contributed by atoms with E-state index in [1.54, 1.807) is 0 Å². The van der Waals surface area contributed by atoms with Crippen LogP contribution in [0.15, 0.2) is 0 Å². The number of carbonyl (C=O) groups excluding carboxylic acids is 4. The quantitative estimate of drug-likeness (QED) is 0.0222. The van der Waals surface area contributed by atoms with E-state index in [-0.39, 0.29) is 25.7 Å². The number of aliphatic hydroxyl groups is 1. The average Bonchev–Trinajstić information content (AvgIpc) is 2.96. The topological polar surface area (TPSA) is 237 Å². The zero-order chi connectivity index (χ0) is 66.6. The molecule has 90 heavy (non-hydrogen) atoms. The first-order valence-electron chi connectivity index (χ1n) is 36.9. The number of phosphoric ester groups is 2. The Kier molecular flexibility index (Phi) is 60.6. The average molecular weight is 1330 g/mol. The summed E-state index contributed by atoms with van der Waals surface area (Å²) in [6.45, 7) is 11.8. The predicted molar refractivity (Wildman–Crippen MR) is 363 cm³/mol. The summed E-state index contributed by atoms with van der Waals surface area (Å²) in [5.41, 5.74) is 0. The van der Waals surface area contributed by atoms with Crippen LogP contribution in [-0.2, 0) is 65.4 Å². The van der Waals surface area contributed by atoms with Crippen LogP contribution < -0.4 is 0 Å². The second-order valence-corrected chi connectivity index (χ2v) is 29.7. The van der Waals surface area contributed by atoms with Gasteiger partial charge in [-0.1, -0.05) is 305 Å². The maximum atomic E-state index is 13.0. The van der Waals surface area contributed by atoms with Crippen molar-refractivity contribution >= 4 is 39.5 Å². The number of ether oxygens (including phenoxy) is 4. The molecule has 0 aromatic heterocycles. The lowest BCUT2D eigenvalue weighted by molar-refractivity contribution is -0.161. The smallest absolute Gasteiger partial charge is 0.462 e. The summed E-state index contributed by atoms with van der Waals surface area (Å²) in [6.07, 6.45) is 46.0. The van der Waals surface area contributed by atoms with Crippen molar-refractivity contribution in [3.05, 3.63) is 0 Å². The molecule has 3 unspecified atom stereocenters. The highest BCUT2D eigenvalue weighted by Crippen LogP contribution is 2.45. The first-order chi connectivity index (χ1) is 43.3. The molecule has 19 heteroatoms. The minimum absolute atomic E-state index is 0.102. The first kappa shape index (κ1) is 88.1. The summed E-state index contributed by atoms with van der Waals surface area (Å²) in [5.74, 6) is 0.173. The third kappa shape index (κ3) is 63.5. The zero-order valence-electron chi connectivity index (χ0n) is 58.6. The van der Waals surface area contributed by atoms with Gasteiger partial charge in [-0.2, -0.15) is 0 Å². The lowest BCUT2D eigenvalue weighted by atomic mass is 10.00. The molecular formula is C71H138O17P2. The van der Waals surface area contributed by atoms with Crippen LogP contribution in [0.1, 0.15) is 357 Å². The van der Waals surface area contributed by atoms with E-state index >= 15 is 0 Å². The molecule has 0 aliphatic heterocycles. The van der Waals surface area contributed by atoms with Gasteiger partial charge >= 0.3 is 39.5 Å². The van der Waals surface area contributed by atoms with Gasteiger partial charge in [-0.25, -0.2) is 9.13 Å². The molecule has 0 aromatic rings. The van der Waals surface area contributed by atoms with Crippen LogP contribution in [0, 0.1) is 17.8 Å². The van der Waals surface area contributed by atoms with Gasteiger partial charge in [0.15, 0.2) is 12.2 Å². The molecule has 0 heterocycles. The maximum absolute atomic E-state index is 13.0. The largest absolute Gasteiger partial charge is 0.472 e. The second-order valence-electron chi connectivity index (χ2n) is 26.8. The summed E-state index contributed by atoms with van der Waals surface area (Å²) < 4.78 is 68.2. The standard InChI is InChI=1S/C71H138O17P2/c1-8-10-11-12-28-38-45-52-68(73)81-58-67(88-71(76)55-48-41-34-33-37-44-51-64(7)9-2)61-86-90(79,80)84-57-65(72)56-83-89(77,78)85-60-66(59-82-69(74)53-46-39-31-26-22-19-18-21-25-30-36-43-50-63(5)6)87-70(75)54-47-40-32-27-23-17-15-13-14-16-20-24-29-35-42-49-62(3)4/h62-67,72H,8-61H2,1-7H3,(H,77,78)(H,79,80)/t64?,65-,66-,67-/m1/s1. The number of rotatable bonds is 69. The van der Waals surface area contributed by atoms with Crippen LogP contribution in [0.5, 0.6) is 0 Å².